The molecule has 3 amide bonds. The van der Waals surface area contributed by atoms with E-state index in [0.29, 0.717) is 0 Å². The minimum Gasteiger partial charge on any atom is -0.481 e. The van der Waals surface area contributed by atoms with Crippen LogP contribution < -0.4 is 16.0 Å². The molecule has 1 aromatic rings. The summed E-state index contributed by atoms with van der Waals surface area (Å²) >= 11 is 0. The van der Waals surface area contributed by atoms with Gasteiger partial charge in [-0.3, -0.25) is 9.59 Å². The van der Waals surface area contributed by atoms with Crippen molar-refractivity contribution in [3.05, 3.63) is 35.6 Å². The van der Waals surface area contributed by atoms with Crippen molar-refractivity contribution in [2.45, 2.75) is 37.8 Å². The Hall–Kier alpha value is -3.70. The van der Waals surface area contributed by atoms with Crippen LogP contribution in [0.15, 0.2) is 24.3 Å². The fourth-order valence-corrected chi connectivity index (χ4v) is 2.35. The first-order chi connectivity index (χ1) is 14.1. The minimum absolute atomic E-state index is 0.0701. The molecule has 12 heteroatoms. The SMILES string of the molecule is O=C(O)CC[C@H](NC(=O)N[C@@H](CCCNC(=O)c1ccc(F)cc1)C(=O)O)C(=O)O. The Morgan fingerprint density at radius 1 is 0.867 bits per heavy atom. The number of carbonyl (C=O) groups excluding carboxylic acids is 2. The number of amides is 3. The summed E-state index contributed by atoms with van der Waals surface area (Å²) in [6.07, 6.45) is -0.760. The zero-order valence-electron chi connectivity index (χ0n) is 15.8. The zero-order valence-corrected chi connectivity index (χ0v) is 15.8. The highest BCUT2D eigenvalue weighted by atomic mass is 19.1. The highest BCUT2D eigenvalue weighted by Gasteiger charge is 2.24. The van der Waals surface area contributed by atoms with Gasteiger partial charge in [-0.25, -0.2) is 18.8 Å². The van der Waals surface area contributed by atoms with Crippen LogP contribution in [0.1, 0.15) is 36.0 Å². The number of urea groups is 1. The summed E-state index contributed by atoms with van der Waals surface area (Å²) < 4.78 is 12.8. The molecule has 0 spiro atoms. The van der Waals surface area contributed by atoms with E-state index in [2.05, 4.69) is 10.6 Å². The molecule has 1 rings (SSSR count). The summed E-state index contributed by atoms with van der Waals surface area (Å²) in [5, 5.41) is 33.4. The molecule has 2 atom stereocenters. The van der Waals surface area contributed by atoms with Crippen molar-refractivity contribution < 1.29 is 43.7 Å². The van der Waals surface area contributed by atoms with Gasteiger partial charge in [0.1, 0.15) is 17.9 Å². The van der Waals surface area contributed by atoms with Crippen molar-refractivity contribution in [3.8, 4) is 0 Å². The average Bonchev–Trinajstić information content (AvgIpc) is 2.67. The molecule has 0 unspecified atom stereocenters. The second kappa shape index (κ2) is 12.0. The third kappa shape index (κ3) is 8.99. The summed E-state index contributed by atoms with van der Waals surface area (Å²) in [5.41, 5.74) is 0.227. The predicted molar refractivity (Wildman–Crippen MR) is 99.4 cm³/mol. The van der Waals surface area contributed by atoms with E-state index in [-0.39, 0.29) is 31.4 Å². The highest BCUT2D eigenvalue weighted by Crippen LogP contribution is 2.04. The number of hydrogen-bond acceptors (Lipinski definition) is 5. The van der Waals surface area contributed by atoms with Gasteiger partial charge in [0.25, 0.3) is 5.91 Å². The van der Waals surface area contributed by atoms with Gasteiger partial charge in [-0.1, -0.05) is 0 Å². The number of hydrogen-bond donors (Lipinski definition) is 6. The minimum atomic E-state index is -1.49. The number of nitrogens with one attached hydrogen (secondary N) is 3. The lowest BCUT2D eigenvalue weighted by atomic mass is 10.1. The van der Waals surface area contributed by atoms with Gasteiger partial charge in [-0.15, -0.1) is 0 Å². The molecule has 0 heterocycles. The van der Waals surface area contributed by atoms with Crippen LogP contribution in [0.3, 0.4) is 0 Å². The second-order valence-electron chi connectivity index (χ2n) is 6.24. The van der Waals surface area contributed by atoms with Gasteiger partial charge < -0.3 is 31.3 Å². The fraction of sp³-hybridized carbons (Fsp3) is 0.389. The van der Waals surface area contributed by atoms with E-state index in [1.165, 1.54) is 12.1 Å². The standard InChI is InChI=1S/C18H22FN3O8/c19-11-5-3-10(4-6-11)15(25)20-9-1-2-12(16(26)27)21-18(30)22-13(17(28)29)7-8-14(23)24/h3-6,12-13H,1-2,7-9H2,(H,20,25)(H,23,24)(H,26,27)(H,28,29)(H2,21,22,30)/t12-,13-/m0/s1. The topological polar surface area (TPSA) is 182 Å². The quantitative estimate of drug-likeness (QED) is 0.259. The third-order valence-corrected chi connectivity index (χ3v) is 3.92. The number of carbonyl (C=O) groups is 5. The summed E-state index contributed by atoms with van der Waals surface area (Å²) in [6.45, 7) is 0.0830. The molecule has 0 aliphatic heterocycles. The lowest BCUT2D eigenvalue weighted by molar-refractivity contribution is -0.140. The third-order valence-electron chi connectivity index (χ3n) is 3.92. The van der Waals surface area contributed by atoms with Crippen LogP contribution in [-0.4, -0.2) is 63.8 Å². The molecule has 30 heavy (non-hydrogen) atoms. The van der Waals surface area contributed by atoms with Crippen molar-refractivity contribution >= 4 is 29.8 Å². The molecular weight excluding hydrogens is 405 g/mol. The van der Waals surface area contributed by atoms with Gasteiger partial charge >= 0.3 is 23.9 Å². The normalized spacial score (nSPS) is 12.3. The Morgan fingerprint density at radius 2 is 1.40 bits per heavy atom. The van der Waals surface area contributed by atoms with Gasteiger partial charge in [0.15, 0.2) is 0 Å². The van der Waals surface area contributed by atoms with Gasteiger partial charge in [-0.05, 0) is 43.5 Å². The average molecular weight is 427 g/mol. The monoisotopic (exact) mass is 427 g/mol. The van der Waals surface area contributed by atoms with E-state index in [1.54, 1.807) is 0 Å². The summed E-state index contributed by atoms with van der Waals surface area (Å²) in [6, 6.07) is 0.903. The van der Waals surface area contributed by atoms with Crippen LogP contribution in [0.25, 0.3) is 0 Å². The number of carboxylic acid groups (broad SMARTS) is 3. The first-order valence-electron chi connectivity index (χ1n) is 8.88. The van der Waals surface area contributed by atoms with Crippen LogP contribution >= 0.6 is 0 Å². The molecular formula is C18H22FN3O8. The Balaban J connectivity index is 2.47. The van der Waals surface area contributed by atoms with E-state index in [1.807, 2.05) is 5.32 Å². The molecule has 0 saturated carbocycles. The molecule has 1 aromatic carbocycles. The number of carboxylic acids is 3. The molecule has 6 N–H and O–H groups in total. The molecule has 0 fully saturated rings. The maximum Gasteiger partial charge on any atom is 0.326 e. The maximum atomic E-state index is 12.8. The Morgan fingerprint density at radius 3 is 1.90 bits per heavy atom. The smallest absolute Gasteiger partial charge is 0.326 e. The molecule has 0 aromatic heterocycles. The Labute approximate surface area is 170 Å². The summed E-state index contributed by atoms with van der Waals surface area (Å²) in [7, 11) is 0. The number of rotatable bonds is 12. The van der Waals surface area contributed by atoms with E-state index in [4.69, 9.17) is 10.2 Å². The van der Waals surface area contributed by atoms with Gasteiger partial charge in [-0.2, -0.15) is 0 Å². The number of aliphatic carboxylic acids is 3. The largest absolute Gasteiger partial charge is 0.481 e. The first kappa shape index (κ1) is 24.3. The van der Waals surface area contributed by atoms with Crippen molar-refractivity contribution in [3.63, 3.8) is 0 Å². The van der Waals surface area contributed by atoms with Crippen molar-refractivity contribution in [1.82, 2.24) is 16.0 Å². The summed E-state index contributed by atoms with van der Waals surface area (Å²) in [4.78, 5) is 56.6. The van der Waals surface area contributed by atoms with E-state index in [0.717, 1.165) is 12.1 Å². The lowest BCUT2D eigenvalue weighted by Crippen LogP contribution is -2.51. The molecule has 0 aliphatic carbocycles. The Bertz CT molecular complexity index is 784. The highest BCUT2D eigenvalue weighted by molar-refractivity contribution is 5.94. The van der Waals surface area contributed by atoms with Crippen molar-refractivity contribution in [2.24, 2.45) is 0 Å². The first-order valence-corrected chi connectivity index (χ1v) is 8.88. The van der Waals surface area contributed by atoms with Gasteiger partial charge in [0, 0.05) is 18.5 Å². The van der Waals surface area contributed by atoms with Crippen LogP contribution in [0, 0.1) is 5.82 Å². The zero-order chi connectivity index (χ0) is 22.7. The van der Waals surface area contributed by atoms with Crippen molar-refractivity contribution in [2.75, 3.05) is 6.54 Å². The molecule has 0 radical (unpaired) electrons. The molecule has 0 bridgehead atoms. The predicted octanol–water partition coefficient (Wildman–Crippen LogP) is 0.406. The molecule has 0 aliphatic rings. The van der Waals surface area contributed by atoms with Crippen LogP contribution in [-0.2, 0) is 14.4 Å². The van der Waals surface area contributed by atoms with E-state index in [9.17, 15) is 33.5 Å². The number of halogens is 1. The Kier molecular flexibility index (Phi) is 9.73. The maximum absolute atomic E-state index is 12.8. The van der Waals surface area contributed by atoms with E-state index < -0.39 is 54.2 Å². The van der Waals surface area contributed by atoms with Crippen LogP contribution in [0.2, 0.25) is 0 Å². The second-order valence-corrected chi connectivity index (χ2v) is 6.24. The van der Waals surface area contributed by atoms with Gasteiger partial charge in [0.05, 0.1) is 0 Å². The van der Waals surface area contributed by atoms with Gasteiger partial charge in [0.2, 0.25) is 0 Å². The fourth-order valence-electron chi connectivity index (χ4n) is 2.35. The number of benzene rings is 1. The molecule has 11 nitrogen and oxygen atoms in total. The molecule has 164 valence electrons. The van der Waals surface area contributed by atoms with E-state index >= 15 is 0 Å². The van der Waals surface area contributed by atoms with Crippen LogP contribution in [0.5, 0.6) is 0 Å². The lowest BCUT2D eigenvalue weighted by Gasteiger charge is -2.18. The summed E-state index contributed by atoms with van der Waals surface area (Å²) in [5.74, 6) is -5.03. The molecule has 0 saturated heterocycles. The van der Waals surface area contributed by atoms with Crippen LogP contribution in [0.4, 0.5) is 9.18 Å². The van der Waals surface area contributed by atoms with Crippen molar-refractivity contribution in [1.29, 1.82) is 0 Å².